The van der Waals surface area contributed by atoms with Gasteiger partial charge in [-0.15, -0.1) is 0 Å². The number of rotatable bonds is 0. The molecule has 2 rings (SSSR count). The Morgan fingerprint density at radius 3 is 1.92 bits per heavy atom. The number of carbonyl (C=O) groups excluding carboxylic acids is 1. The van der Waals surface area contributed by atoms with Crippen LogP contribution < -0.4 is 5.32 Å². The van der Waals surface area contributed by atoms with E-state index in [0.717, 1.165) is 0 Å². The lowest BCUT2D eigenvalue weighted by molar-refractivity contribution is -0.132. The Bertz CT molecular complexity index is 270. The summed E-state index contributed by atoms with van der Waals surface area (Å²) >= 11 is 0. The van der Waals surface area contributed by atoms with Gasteiger partial charge < -0.3 is 0 Å². The van der Waals surface area contributed by atoms with Crippen molar-refractivity contribution in [1.82, 2.24) is 5.32 Å². The molecule has 2 heterocycles. The standard InChI is InChI=1S/C11H17NO/c1-7-9(13)8(2)11(4)6-5-10(7,3)12-11/h5-8,12H,1-4H3/t7-,8+,10-,11+. The van der Waals surface area contributed by atoms with Gasteiger partial charge in [-0.25, -0.2) is 0 Å². The van der Waals surface area contributed by atoms with Gasteiger partial charge in [-0.2, -0.15) is 0 Å². The Balaban J connectivity index is 2.46. The van der Waals surface area contributed by atoms with Gasteiger partial charge in [-0.1, -0.05) is 26.0 Å². The highest BCUT2D eigenvalue weighted by Crippen LogP contribution is 2.41. The highest BCUT2D eigenvalue weighted by molar-refractivity contribution is 5.88. The minimum absolute atomic E-state index is 0.0920. The maximum Gasteiger partial charge on any atom is 0.142 e. The highest BCUT2D eigenvalue weighted by Gasteiger charge is 2.53. The Labute approximate surface area is 79.4 Å². The van der Waals surface area contributed by atoms with Crippen LogP contribution in [0.3, 0.4) is 0 Å². The van der Waals surface area contributed by atoms with E-state index < -0.39 is 0 Å². The quantitative estimate of drug-likeness (QED) is 0.571. The van der Waals surface area contributed by atoms with Crippen molar-refractivity contribution in [3.05, 3.63) is 12.2 Å². The number of Topliss-reactive ketones (excluding diaryl/α,β-unsaturated/α-hetero) is 1. The van der Waals surface area contributed by atoms with Crippen molar-refractivity contribution in [3.8, 4) is 0 Å². The molecule has 1 fully saturated rings. The smallest absolute Gasteiger partial charge is 0.142 e. The summed E-state index contributed by atoms with van der Waals surface area (Å²) in [6.45, 7) is 8.23. The van der Waals surface area contributed by atoms with Gasteiger partial charge in [-0.05, 0) is 13.8 Å². The first-order valence-electron chi connectivity index (χ1n) is 4.92. The van der Waals surface area contributed by atoms with Crippen LogP contribution in [0.15, 0.2) is 12.2 Å². The van der Waals surface area contributed by atoms with Gasteiger partial charge in [0.05, 0.1) is 0 Å². The SMILES string of the molecule is C[C@@H]1C(=O)[C@H](C)[C@]2(C)C=C[C@@]1(C)N2. The molecule has 13 heavy (non-hydrogen) atoms. The average Bonchev–Trinajstić information content (AvgIpc) is 2.38. The normalized spacial score (nSPS) is 54.3. The molecule has 2 nitrogen and oxygen atoms in total. The third-order valence-corrected chi connectivity index (χ3v) is 3.97. The molecule has 0 aromatic rings. The second-order valence-electron chi connectivity index (χ2n) is 4.87. The van der Waals surface area contributed by atoms with Crippen LogP contribution >= 0.6 is 0 Å². The molecular weight excluding hydrogens is 162 g/mol. The first-order valence-corrected chi connectivity index (χ1v) is 4.92. The second-order valence-corrected chi connectivity index (χ2v) is 4.87. The summed E-state index contributed by atoms with van der Waals surface area (Å²) in [5, 5.41) is 3.54. The zero-order valence-electron chi connectivity index (χ0n) is 8.72. The van der Waals surface area contributed by atoms with Gasteiger partial charge in [0.2, 0.25) is 0 Å². The molecule has 2 heteroatoms. The maximum absolute atomic E-state index is 11.9. The number of hydrogen-bond acceptors (Lipinski definition) is 2. The van der Waals surface area contributed by atoms with E-state index in [2.05, 4.69) is 31.3 Å². The molecule has 4 atom stereocenters. The maximum atomic E-state index is 11.9. The molecule has 0 aromatic heterocycles. The summed E-state index contributed by atoms with van der Waals surface area (Å²) < 4.78 is 0. The lowest BCUT2D eigenvalue weighted by atomic mass is 9.72. The molecule has 2 bridgehead atoms. The van der Waals surface area contributed by atoms with Gasteiger partial charge >= 0.3 is 0 Å². The number of hydrogen-bond donors (Lipinski definition) is 1. The number of nitrogens with one attached hydrogen (secondary N) is 1. The van der Waals surface area contributed by atoms with E-state index in [1.54, 1.807) is 0 Å². The lowest BCUT2D eigenvalue weighted by Crippen LogP contribution is -2.63. The molecule has 0 aromatic carbocycles. The van der Waals surface area contributed by atoms with Crippen molar-refractivity contribution < 1.29 is 4.79 Å². The van der Waals surface area contributed by atoms with Crippen LogP contribution in [0.4, 0.5) is 0 Å². The van der Waals surface area contributed by atoms with Crippen LogP contribution in [0.1, 0.15) is 27.7 Å². The van der Waals surface area contributed by atoms with Crippen molar-refractivity contribution in [1.29, 1.82) is 0 Å². The summed E-state index contributed by atoms with van der Waals surface area (Å²) in [5.74, 6) is 0.567. The minimum Gasteiger partial charge on any atom is -0.299 e. The molecule has 0 radical (unpaired) electrons. The van der Waals surface area contributed by atoms with Crippen molar-refractivity contribution in [2.75, 3.05) is 0 Å². The molecule has 2 aliphatic heterocycles. The summed E-state index contributed by atoms with van der Waals surface area (Å²) in [6, 6.07) is 0. The van der Waals surface area contributed by atoms with Crippen LogP contribution in [0.25, 0.3) is 0 Å². The summed E-state index contributed by atoms with van der Waals surface area (Å²) in [7, 11) is 0. The minimum atomic E-state index is -0.113. The second kappa shape index (κ2) is 2.24. The van der Waals surface area contributed by atoms with Crippen molar-refractivity contribution in [3.63, 3.8) is 0 Å². The molecule has 0 saturated carbocycles. The Morgan fingerprint density at radius 1 is 1.15 bits per heavy atom. The van der Waals surface area contributed by atoms with Crippen LogP contribution in [-0.2, 0) is 4.79 Å². The number of ketones is 1. The Kier molecular flexibility index (Phi) is 1.54. The predicted octanol–water partition coefficient (Wildman–Crippen LogP) is 1.52. The molecule has 72 valence electrons. The van der Waals surface area contributed by atoms with Gasteiger partial charge in [0.25, 0.3) is 0 Å². The van der Waals surface area contributed by atoms with E-state index in [1.807, 2.05) is 13.8 Å². The summed E-state index contributed by atoms with van der Waals surface area (Å²) in [4.78, 5) is 11.9. The topological polar surface area (TPSA) is 29.1 Å². The van der Waals surface area contributed by atoms with E-state index >= 15 is 0 Å². The van der Waals surface area contributed by atoms with Gasteiger partial charge in [0.1, 0.15) is 5.78 Å². The van der Waals surface area contributed by atoms with Crippen LogP contribution in [0.2, 0.25) is 0 Å². The van der Waals surface area contributed by atoms with E-state index in [-0.39, 0.29) is 22.9 Å². The molecule has 0 unspecified atom stereocenters. The van der Waals surface area contributed by atoms with Gasteiger partial charge in [-0.3, -0.25) is 10.1 Å². The molecule has 1 N–H and O–H groups in total. The highest BCUT2D eigenvalue weighted by atomic mass is 16.1. The number of piperidine rings is 1. The molecule has 0 amide bonds. The van der Waals surface area contributed by atoms with Gasteiger partial charge in [0.15, 0.2) is 0 Å². The molecular formula is C11H17NO. The molecule has 0 aliphatic carbocycles. The third-order valence-electron chi connectivity index (χ3n) is 3.97. The van der Waals surface area contributed by atoms with Crippen molar-refractivity contribution in [2.24, 2.45) is 11.8 Å². The summed E-state index contributed by atoms with van der Waals surface area (Å²) in [5.41, 5.74) is -0.226. The third kappa shape index (κ3) is 0.953. The van der Waals surface area contributed by atoms with E-state index in [1.165, 1.54) is 0 Å². The van der Waals surface area contributed by atoms with Crippen LogP contribution in [0, 0.1) is 11.8 Å². The fourth-order valence-electron chi connectivity index (χ4n) is 2.48. The van der Waals surface area contributed by atoms with E-state index in [0.29, 0.717) is 5.78 Å². The van der Waals surface area contributed by atoms with Crippen molar-refractivity contribution >= 4 is 5.78 Å². The van der Waals surface area contributed by atoms with Crippen molar-refractivity contribution in [2.45, 2.75) is 38.8 Å². The van der Waals surface area contributed by atoms with Crippen LogP contribution in [-0.4, -0.2) is 16.9 Å². The molecule has 2 aliphatic rings. The number of carbonyl (C=O) groups is 1. The first-order chi connectivity index (χ1) is 5.89. The monoisotopic (exact) mass is 179 g/mol. The number of fused-ring (bicyclic) bond motifs is 2. The average molecular weight is 179 g/mol. The van der Waals surface area contributed by atoms with E-state index in [9.17, 15) is 4.79 Å². The Hall–Kier alpha value is -0.630. The zero-order valence-corrected chi connectivity index (χ0v) is 8.72. The summed E-state index contributed by atoms with van der Waals surface area (Å²) in [6.07, 6.45) is 4.30. The molecule has 0 spiro atoms. The fraction of sp³-hybridized carbons (Fsp3) is 0.727. The zero-order chi connectivity index (χ0) is 9.85. The van der Waals surface area contributed by atoms with Gasteiger partial charge in [0, 0.05) is 22.9 Å². The fourth-order valence-corrected chi connectivity index (χ4v) is 2.48. The molecule has 1 saturated heterocycles. The first kappa shape index (κ1) is 8.95. The Morgan fingerprint density at radius 2 is 1.54 bits per heavy atom. The largest absolute Gasteiger partial charge is 0.299 e. The van der Waals surface area contributed by atoms with Crippen LogP contribution in [0.5, 0.6) is 0 Å². The predicted molar refractivity (Wildman–Crippen MR) is 52.4 cm³/mol. The lowest BCUT2D eigenvalue weighted by Gasteiger charge is -2.45. The van der Waals surface area contributed by atoms with E-state index in [4.69, 9.17) is 0 Å².